The second-order valence-electron chi connectivity index (χ2n) is 22.6. The number of anilines is 2. The number of hydrogen-bond acceptors (Lipinski definition) is 15. The van der Waals surface area contributed by atoms with Gasteiger partial charge in [-0.1, -0.05) is 38.1 Å². The number of aliphatic hydroxyl groups is 1. The Bertz CT molecular complexity index is 3050. The highest BCUT2D eigenvalue weighted by Crippen LogP contribution is 2.55. The molecule has 5 aromatic rings. The minimum Gasteiger partial charge on any atom is -0.489 e. The van der Waals surface area contributed by atoms with Gasteiger partial charge < -0.3 is 39.3 Å². The van der Waals surface area contributed by atoms with Gasteiger partial charge in [0.25, 0.3) is 27.5 Å². The summed E-state index contributed by atoms with van der Waals surface area (Å²) in [6.45, 7) is 11.3. The summed E-state index contributed by atoms with van der Waals surface area (Å²) in [4.78, 5) is 41.0. The molecule has 5 fully saturated rings. The normalized spacial score (nSPS) is 25.3. The predicted octanol–water partition coefficient (Wildman–Crippen LogP) is 8.92. The van der Waals surface area contributed by atoms with Gasteiger partial charge >= 0.3 is 0 Å². The number of nitrogens with zero attached hydrogens (tertiary/aromatic N) is 5. The van der Waals surface area contributed by atoms with Crippen LogP contribution in [0.15, 0.2) is 77.8 Å². The number of nitro benzene ring substituents is 1. The summed E-state index contributed by atoms with van der Waals surface area (Å²) >= 11 is 0. The molecule has 3 atom stereocenters. The van der Waals surface area contributed by atoms with E-state index >= 15 is 0 Å². The summed E-state index contributed by atoms with van der Waals surface area (Å²) in [5.41, 5.74) is 3.30. The van der Waals surface area contributed by atoms with E-state index in [2.05, 4.69) is 67.8 Å². The molecular weight excluding hydrogens is 977 g/mol. The molecule has 2 aliphatic carbocycles. The number of aromatic amines is 1. The largest absolute Gasteiger partial charge is 0.489 e. The van der Waals surface area contributed by atoms with Gasteiger partial charge in [0.1, 0.15) is 24.6 Å². The molecule has 75 heavy (non-hydrogen) atoms. The summed E-state index contributed by atoms with van der Waals surface area (Å²) in [5, 5.41) is 27.0. The van der Waals surface area contributed by atoms with Crippen molar-refractivity contribution in [2.24, 2.45) is 11.3 Å². The average molecular weight is 1050 g/mol. The Labute approximate surface area is 438 Å². The number of nitro groups is 1. The quantitative estimate of drug-likeness (QED) is 0.0604. The number of ether oxygens (including phenoxy) is 4. The number of nitrogens with one attached hydrogen (secondary N) is 3. The number of fused-ring (bicyclic) bond motifs is 2. The molecule has 6 heterocycles. The molecule has 18 nitrogen and oxygen atoms in total. The topological polar surface area (TPSA) is 214 Å². The lowest BCUT2D eigenvalue weighted by Gasteiger charge is -2.56. The first-order valence-electron chi connectivity index (χ1n) is 26.8. The van der Waals surface area contributed by atoms with Crippen LogP contribution in [-0.2, 0) is 14.8 Å². The van der Waals surface area contributed by atoms with E-state index in [0.29, 0.717) is 62.5 Å². The molecule has 3 saturated heterocycles. The van der Waals surface area contributed by atoms with E-state index in [-0.39, 0.29) is 71.0 Å². The van der Waals surface area contributed by atoms with E-state index in [1.807, 2.05) is 26.1 Å². The molecule has 19 heteroatoms. The highest BCUT2D eigenvalue weighted by Gasteiger charge is 2.50. The van der Waals surface area contributed by atoms with Crippen molar-refractivity contribution in [3.05, 3.63) is 99.7 Å². The number of likely N-dealkylation sites (tertiary alicyclic amines) is 1. The maximum atomic E-state index is 14.5. The maximum absolute atomic E-state index is 14.5. The van der Waals surface area contributed by atoms with Crippen LogP contribution in [-0.4, -0.2) is 128 Å². The van der Waals surface area contributed by atoms with Gasteiger partial charge in [0.2, 0.25) is 0 Å². The van der Waals surface area contributed by atoms with Crippen molar-refractivity contribution in [2.75, 3.05) is 69.9 Å². The number of pyridine rings is 1. The zero-order valence-electron chi connectivity index (χ0n) is 43.4. The van der Waals surface area contributed by atoms with Crippen LogP contribution >= 0.6 is 0 Å². The molecule has 4 N–H and O–H groups in total. The minimum atomic E-state index is -4.73. The lowest BCUT2D eigenvalue weighted by atomic mass is 9.59. The van der Waals surface area contributed by atoms with Gasteiger partial charge in [-0.2, -0.15) is 4.98 Å². The lowest BCUT2D eigenvalue weighted by Crippen LogP contribution is -2.54. The van der Waals surface area contributed by atoms with Gasteiger partial charge in [-0.05, 0) is 137 Å². The standard InChI is InChI=1S/C56H70N8O10S/c1-35(2)42-8-5-6-9-43(42)46-10-7-21-63(46)39-30-56(31-39)18-22-62(23-19-56)38-11-12-44(48(27-38)74-50-26-37-15-20-57-52(37)59-54(50)73-33-40-32-71-25-24-61(40)4)53(65)60-75(69,70)41-28-47(64(67)68)51-49(29-41)72-34-45(58-51)36-13-16-55(3,66)17-14-36/h5-6,8-9,11-12,15,20,26-29,35-36,39-40,45-46,58,66H,7,10,13-14,16-19,21-25,30-34H2,1-4H3,(H,57,59)(H,60,65)/t36?,40-,45-,46-,55?/m1/s1. The lowest BCUT2D eigenvalue weighted by molar-refractivity contribution is -0.384. The molecule has 0 unspecified atom stereocenters. The number of H-pyrrole nitrogens is 1. The number of morpholine rings is 1. The zero-order chi connectivity index (χ0) is 52.2. The Hall–Kier alpha value is -5.99. The van der Waals surface area contributed by atoms with Gasteiger partial charge in [0, 0.05) is 67.2 Å². The number of benzene rings is 3. The van der Waals surface area contributed by atoms with E-state index in [1.165, 1.54) is 42.9 Å². The van der Waals surface area contributed by atoms with Crippen molar-refractivity contribution in [1.82, 2.24) is 24.5 Å². The number of piperidine rings is 1. The number of aromatic nitrogens is 2. The first kappa shape index (κ1) is 51.1. The van der Waals surface area contributed by atoms with Gasteiger partial charge in [-0.25, -0.2) is 13.1 Å². The summed E-state index contributed by atoms with van der Waals surface area (Å²) < 4.78 is 55.5. The van der Waals surface area contributed by atoms with E-state index in [0.717, 1.165) is 56.2 Å². The highest BCUT2D eigenvalue weighted by molar-refractivity contribution is 7.90. The SMILES string of the molecule is CC(C)c1ccccc1[C@H]1CCCN1C1CC2(CCN(c3ccc(C(=O)NS(=O)(=O)c4cc5c(c([N+](=O)[O-])c4)N[C@@H](C4CCC(C)(O)CC4)CO5)c(Oc4cc5cc[nH]c5nc4OC[C@H]4COCCN4C)c3)CC2)C1. The van der Waals surface area contributed by atoms with Crippen molar-refractivity contribution in [3.8, 4) is 23.1 Å². The molecule has 1 spiro atoms. The Morgan fingerprint density at radius 3 is 2.53 bits per heavy atom. The second kappa shape index (κ2) is 20.5. The first-order valence-corrected chi connectivity index (χ1v) is 28.3. The van der Waals surface area contributed by atoms with Crippen molar-refractivity contribution in [1.29, 1.82) is 0 Å². The van der Waals surface area contributed by atoms with Crippen molar-refractivity contribution in [2.45, 2.75) is 126 Å². The zero-order valence-corrected chi connectivity index (χ0v) is 44.2. The van der Waals surface area contributed by atoms with Crippen LogP contribution < -0.4 is 29.1 Å². The van der Waals surface area contributed by atoms with Crippen LogP contribution in [0.1, 0.15) is 118 Å². The minimum absolute atomic E-state index is 0.0102. The molecule has 0 radical (unpaired) electrons. The molecule has 2 aromatic heterocycles. The number of sulfonamides is 1. The van der Waals surface area contributed by atoms with Crippen LogP contribution in [0.5, 0.6) is 23.1 Å². The van der Waals surface area contributed by atoms with E-state index in [1.54, 1.807) is 24.4 Å². The molecular formula is C56H70N8O10S. The molecule has 0 bridgehead atoms. The Balaban J connectivity index is 0.847. The number of rotatable bonds is 14. The van der Waals surface area contributed by atoms with E-state index in [9.17, 15) is 28.4 Å². The first-order chi connectivity index (χ1) is 36.0. The van der Waals surface area contributed by atoms with Crippen molar-refractivity contribution < 1.29 is 42.2 Å². The highest BCUT2D eigenvalue weighted by atomic mass is 32.2. The summed E-state index contributed by atoms with van der Waals surface area (Å²) in [6.07, 6.45) is 11.1. The van der Waals surface area contributed by atoms with Crippen molar-refractivity contribution >= 4 is 44.0 Å². The maximum Gasteiger partial charge on any atom is 0.297 e. The van der Waals surface area contributed by atoms with Gasteiger partial charge in [-0.15, -0.1) is 0 Å². The van der Waals surface area contributed by atoms with Gasteiger partial charge in [-0.3, -0.25) is 24.7 Å². The smallest absolute Gasteiger partial charge is 0.297 e. The number of amides is 1. The van der Waals surface area contributed by atoms with Crippen LogP contribution in [0.3, 0.4) is 0 Å². The molecule has 6 aliphatic rings. The Morgan fingerprint density at radius 1 is 0.987 bits per heavy atom. The van der Waals surface area contributed by atoms with Gasteiger partial charge in [0.05, 0.1) is 46.3 Å². The van der Waals surface area contributed by atoms with Crippen molar-refractivity contribution in [3.63, 3.8) is 0 Å². The van der Waals surface area contributed by atoms with Crippen LogP contribution in [0.25, 0.3) is 11.0 Å². The Kier molecular flexibility index (Phi) is 14.0. The van der Waals surface area contributed by atoms with Crippen LogP contribution in [0.4, 0.5) is 17.1 Å². The number of carbonyl (C=O) groups excluding carboxylic acids is 1. The fourth-order valence-electron chi connectivity index (χ4n) is 12.7. The number of hydrogen-bond donors (Lipinski definition) is 4. The Morgan fingerprint density at radius 2 is 1.77 bits per heavy atom. The predicted molar refractivity (Wildman–Crippen MR) is 285 cm³/mol. The molecule has 4 aliphatic heterocycles. The molecule has 1 amide bonds. The average Bonchev–Trinajstić information content (AvgIpc) is 4.07. The van der Waals surface area contributed by atoms with E-state index in [4.69, 9.17) is 23.9 Å². The molecule has 11 rings (SSSR count). The number of carbonyl (C=O) groups is 1. The van der Waals surface area contributed by atoms with E-state index < -0.39 is 37.0 Å². The fourth-order valence-corrected chi connectivity index (χ4v) is 13.7. The second-order valence-corrected chi connectivity index (χ2v) is 24.3. The molecule has 400 valence electrons. The third-order valence-electron chi connectivity index (χ3n) is 17.3. The van der Waals surface area contributed by atoms with Gasteiger partial charge in [0.15, 0.2) is 17.2 Å². The molecule has 3 aromatic carbocycles. The van der Waals surface area contributed by atoms with Crippen LogP contribution in [0.2, 0.25) is 0 Å². The molecule has 2 saturated carbocycles. The third kappa shape index (κ3) is 10.5. The monoisotopic (exact) mass is 1050 g/mol. The summed E-state index contributed by atoms with van der Waals surface area (Å²) in [5.74, 6) is 0.0226. The summed E-state index contributed by atoms with van der Waals surface area (Å²) in [6, 6.07) is 20.6. The van der Waals surface area contributed by atoms with Crippen LogP contribution in [0, 0.1) is 21.4 Å². The summed E-state index contributed by atoms with van der Waals surface area (Å²) in [7, 11) is -2.72. The fraction of sp³-hybridized carbons (Fsp3) is 0.536. The number of likely N-dealkylation sites (N-methyl/N-ethyl adjacent to an activating group) is 1. The third-order valence-corrected chi connectivity index (χ3v) is 18.6.